The molecule has 0 aliphatic carbocycles. The zero-order valence-corrected chi connectivity index (χ0v) is 17.0. The van der Waals surface area contributed by atoms with E-state index < -0.39 is 0 Å². The topological polar surface area (TPSA) is 54.9 Å². The number of benzene rings is 2. The Morgan fingerprint density at radius 2 is 1.75 bits per heavy atom. The number of anilines is 1. The van der Waals surface area contributed by atoms with E-state index in [0.717, 1.165) is 0 Å². The molecule has 0 aliphatic rings. The molecular weight excluding hydrogens is 381 g/mol. The molecule has 0 saturated carbocycles. The van der Waals surface area contributed by atoms with Gasteiger partial charge in [0.15, 0.2) is 5.13 Å². The van der Waals surface area contributed by atoms with Gasteiger partial charge in [-0.3, -0.25) is 9.69 Å². The molecule has 0 fully saturated rings. The summed E-state index contributed by atoms with van der Waals surface area (Å²) in [5, 5.41) is 0.522. The molecule has 8 heteroatoms. The number of fused-ring (bicyclic) bond motifs is 1. The quantitative estimate of drug-likeness (QED) is 0.603. The fraction of sp³-hybridized carbons (Fsp3) is 0.300. The van der Waals surface area contributed by atoms with Crippen LogP contribution in [0.3, 0.4) is 0 Å². The average molecular weight is 403 g/mol. The highest BCUT2D eigenvalue weighted by molar-refractivity contribution is 7.22. The largest absolute Gasteiger partial charge is 0.497 e. The molecule has 28 heavy (non-hydrogen) atoms. The first kappa shape index (κ1) is 20.0. The first-order valence-electron chi connectivity index (χ1n) is 8.67. The van der Waals surface area contributed by atoms with E-state index in [0.29, 0.717) is 45.5 Å². The van der Waals surface area contributed by atoms with Gasteiger partial charge in [-0.25, -0.2) is 9.37 Å². The van der Waals surface area contributed by atoms with Crippen LogP contribution in [0.1, 0.15) is 10.4 Å². The normalized spacial score (nSPS) is 11.1. The van der Waals surface area contributed by atoms with Crippen LogP contribution in [-0.2, 0) is 0 Å². The van der Waals surface area contributed by atoms with E-state index in [1.54, 1.807) is 29.2 Å². The van der Waals surface area contributed by atoms with Crippen molar-refractivity contribution in [3.05, 3.63) is 47.8 Å². The molecule has 2 aromatic carbocycles. The Labute approximate surface area is 167 Å². The van der Waals surface area contributed by atoms with Crippen molar-refractivity contribution in [1.82, 2.24) is 9.88 Å². The molecule has 3 aromatic rings. The molecule has 0 N–H and O–H groups in total. The fourth-order valence-corrected chi connectivity index (χ4v) is 3.69. The van der Waals surface area contributed by atoms with Crippen molar-refractivity contribution in [3.8, 4) is 11.5 Å². The Hall–Kier alpha value is -2.71. The summed E-state index contributed by atoms with van der Waals surface area (Å²) in [5.41, 5.74) is 1.09. The van der Waals surface area contributed by atoms with Gasteiger partial charge >= 0.3 is 0 Å². The molecule has 1 aromatic heterocycles. The molecule has 0 atom stereocenters. The lowest BCUT2D eigenvalue weighted by Gasteiger charge is -2.22. The summed E-state index contributed by atoms with van der Waals surface area (Å²) < 4.78 is 24.8. The van der Waals surface area contributed by atoms with E-state index in [1.165, 1.54) is 37.7 Å². The van der Waals surface area contributed by atoms with E-state index in [4.69, 9.17) is 9.47 Å². The molecule has 6 nitrogen and oxygen atoms in total. The lowest BCUT2D eigenvalue weighted by atomic mass is 10.1. The highest BCUT2D eigenvalue weighted by atomic mass is 32.1. The van der Waals surface area contributed by atoms with Crippen LogP contribution < -0.4 is 14.4 Å². The standard InChI is InChI=1S/C20H22FN3O3S/c1-23(2)7-8-24(20-22-17-6-5-14(21)11-18(17)28-20)19(25)13-9-15(26-3)12-16(10-13)27-4/h5-6,9-12H,7-8H2,1-4H3. The second-order valence-electron chi connectivity index (χ2n) is 6.47. The maximum atomic E-state index is 13.6. The van der Waals surface area contributed by atoms with Crippen LogP contribution in [0.4, 0.5) is 9.52 Å². The third kappa shape index (κ3) is 4.40. The highest BCUT2D eigenvalue weighted by Gasteiger charge is 2.23. The van der Waals surface area contributed by atoms with Gasteiger partial charge in [0, 0.05) is 24.7 Å². The number of amides is 1. The lowest BCUT2D eigenvalue weighted by molar-refractivity contribution is 0.0984. The lowest BCUT2D eigenvalue weighted by Crippen LogP contribution is -2.36. The summed E-state index contributed by atoms with van der Waals surface area (Å²) in [6.07, 6.45) is 0. The van der Waals surface area contributed by atoms with Crippen molar-refractivity contribution < 1.29 is 18.7 Å². The Bertz CT molecular complexity index is 968. The summed E-state index contributed by atoms with van der Waals surface area (Å²) >= 11 is 1.29. The minimum absolute atomic E-state index is 0.224. The predicted octanol–water partition coefficient (Wildman–Crippen LogP) is 3.66. The summed E-state index contributed by atoms with van der Waals surface area (Å²) in [7, 11) is 6.94. The molecule has 1 amide bonds. The molecule has 3 rings (SSSR count). The zero-order chi connectivity index (χ0) is 20.3. The van der Waals surface area contributed by atoms with Gasteiger partial charge in [-0.2, -0.15) is 0 Å². The van der Waals surface area contributed by atoms with Crippen molar-refractivity contribution in [1.29, 1.82) is 0 Å². The van der Waals surface area contributed by atoms with Crippen LogP contribution >= 0.6 is 11.3 Å². The van der Waals surface area contributed by atoms with Crippen LogP contribution in [0.15, 0.2) is 36.4 Å². The number of hydrogen-bond donors (Lipinski definition) is 0. The van der Waals surface area contributed by atoms with Crippen LogP contribution in [0.2, 0.25) is 0 Å². The Balaban J connectivity index is 2.02. The second kappa shape index (κ2) is 8.53. The first-order valence-corrected chi connectivity index (χ1v) is 9.48. The number of likely N-dealkylation sites (N-methyl/N-ethyl adjacent to an activating group) is 1. The SMILES string of the molecule is COc1cc(OC)cc(C(=O)N(CCN(C)C)c2nc3ccc(F)cc3s2)c1. The van der Waals surface area contributed by atoms with Crippen molar-refractivity contribution in [2.75, 3.05) is 46.3 Å². The van der Waals surface area contributed by atoms with E-state index >= 15 is 0 Å². The third-order valence-electron chi connectivity index (χ3n) is 4.18. The first-order chi connectivity index (χ1) is 13.4. The molecule has 0 bridgehead atoms. The molecular formula is C20H22FN3O3S. The number of carbonyl (C=O) groups is 1. The van der Waals surface area contributed by atoms with Gasteiger partial charge in [0.25, 0.3) is 5.91 Å². The van der Waals surface area contributed by atoms with Crippen molar-refractivity contribution >= 4 is 32.6 Å². The van der Waals surface area contributed by atoms with Crippen molar-refractivity contribution in [2.24, 2.45) is 0 Å². The van der Waals surface area contributed by atoms with Gasteiger partial charge < -0.3 is 14.4 Å². The molecule has 148 valence electrons. The molecule has 0 spiro atoms. The third-order valence-corrected chi connectivity index (χ3v) is 5.23. The van der Waals surface area contributed by atoms with E-state index in [1.807, 2.05) is 19.0 Å². The van der Waals surface area contributed by atoms with Crippen LogP contribution in [0.25, 0.3) is 10.2 Å². The van der Waals surface area contributed by atoms with Gasteiger partial charge in [-0.1, -0.05) is 11.3 Å². The molecule has 0 unspecified atom stereocenters. The number of nitrogens with zero attached hydrogens (tertiary/aromatic N) is 3. The number of aromatic nitrogens is 1. The Morgan fingerprint density at radius 3 is 2.36 bits per heavy atom. The molecule has 0 aliphatic heterocycles. The van der Waals surface area contributed by atoms with Crippen molar-refractivity contribution in [2.45, 2.75) is 0 Å². The Morgan fingerprint density at radius 1 is 1.07 bits per heavy atom. The number of ether oxygens (including phenoxy) is 2. The maximum Gasteiger partial charge on any atom is 0.260 e. The minimum atomic E-state index is -0.327. The number of rotatable bonds is 7. The van der Waals surface area contributed by atoms with Gasteiger partial charge in [0.05, 0.1) is 24.4 Å². The number of methoxy groups -OCH3 is 2. The fourth-order valence-electron chi connectivity index (χ4n) is 2.67. The Kier molecular flexibility index (Phi) is 6.11. The van der Waals surface area contributed by atoms with Gasteiger partial charge in [0.1, 0.15) is 17.3 Å². The number of halogens is 1. The van der Waals surface area contributed by atoms with E-state index in [-0.39, 0.29) is 11.7 Å². The predicted molar refractivity (Wildman–Crippen MR) is 109 cm³/mol. The van der Waals surface area contributed by atoms with Crippen LogP contribution in [0, 0.1) is 5.82 Å². The minimum Gasteiger partial charge on any atom is -0.497 e. The summed E-state index contributed by atoms with van der Waals surface area (Å²) in [6, 6.07) is 9.46. The summed E-state index contributed by atoms with van der Waals surface area (Å²) in [4.78, 5) is 21.5. The highest BCUT2D eigenvalue weighted by Crippen LogP contribution is 2.31. The van der Waals surface area contributed by atoms with Gasteiger partial charge in [0.2, 0.25) is 0 Å². The van der Waals surface area contributed by atoms with Crippen LogP contribution in [0.5, 0.6) is 11.5 Å². The monoisotopic (exact) mass is 403 g/mol. The summed E-state index contributed by atoms with van der Waals surface area (Å²) in [6.45, 7) is 1.09. The number of thiazole rings is 1. The van der Waals surface area contributed by atoms with E-state index in [9.17, 15) is 9.18 Å². The van der Waals surface area contributed by atoms with Crippen LogP contribution in [-0.4, -0.2) is 57.2 Å². The second-order valence-corrected chi connectivity index (χ2v) is 7.48. The number of carbonyl (C=O) groups excluding carboxylic acids is 1. The van der Waals surface area contributed by atoms with Gasteiger partial charge in [-0.15, -0.1) is 0 Å². The number of hydrogen-bond acceptors (Lipinski definition) is 6. The maximum absolute atomic E-state index is 13.6. The average Bonchev–Trinajstić information content (AvgIpc) is 3.09. The van der Waals surface area contributed by atoms with Gasteiger partial charge in [-0.05, 0) is 44.4 Å². The smallest absolute Gasteiger partial charge is 0.260 e. The van der Waals surface area contributed by atoms with E-state index in [2.05, 4.69) is 4.98 Å². The molecule has 0 radical (unpaired) electrons. The summed E-state index contributed by atoms with van der Waals surface area (Å²) in [5.74, 6) is 0.508. The molecule has 0 saturated heterocycles. The molecule has 1 heterocycles. The zero-order valence-electron chi connectivity index (χ0n) is 16.2. The van der Waals surface area contributed by atoms with Crippen molar-refractivity contribution in [3.63, 3.8) is 0 Å².